The first kappa shape index (κ1) is 13.8. The average Bonchev–Trinajstić information content (AvgIpc) is 3.07. The number of ether oxygens (including phenoxy) is 1. The molecule has 0 N–H and O–H groups in total. The maximum Gasteiger partial charge on any atom is 0.430 e. The van der Waals surface area contributed by atoms with Crippen molar-refractivity contribution in [3.63, 3.8) is 0 Å². The fraction of sp³-hybridized carbons (Fsp3) is 0.214. The van der Waals surface area contributed by atoms with Crippen LogP contribution in [0, 0.1) is 0 Å². The van der Waals surface area contributed by atoms with E-state index in [4.69, 9.17) is 10.3 Å². The molecule has 1 atom stereocenters. The van der Waals surface area contributed by atoms with Gasteiger partial charge in [-0.25, -0.2) is 4.79 Å². The molecule has 2 heterocycles. The number of hydrogen-bond donors (Lipinski definition) is 0. The zero-order valence-corrected chi connectivity index (χ0v) is 11.6. The number of fused-ring (bicyclic) bond motifs is 1. The van der Waals surface area contributed by atoms with E-state index in [1.54, 1.807) is 6.08 Å². The smallest absolute Gasteiger partial charge is 0.430 e. The number of benzene rings is 1. The molecule has 8 heteroatoms. The lowest BCUT2D eigenvalue weighted by molar-refractivity contribution is 0.144. The molecule has 110 valence electrons. The fourth-order valence-electron chi connectivity index (χ4n) is 2.35. The van der Waals surface area contributed by atoms with Crippen LogP contribution in [0.25, 0.3) is 27.4 Å². The highest BCUT2D eigenvalue weighted by molar-refractivity contribution is 5.90. The third-order valence-corrected chi connectivity index (χ3v) is 3.27. The van der Waals surface area contributed by atoms with Gasteiger partial charge in [0.25, 0.3) is 0 Å². The Morgan fingerprint density at radius 3 is 3.18 bits per heavy atom. The van der Waals surface area contributed by atoms with Gasteiger partial charge >= 0.3 is 6.09 Å². The van der Waals surface area contributed by atoms with E-state index >= 15 is 0 Å². The highest BCUT2D eigenvalue weighted by Gasteiger charge is 2.33. The summed E-state index contributed by atoms with van der Waals surface area (Å²) in [6.45, 7) is 3.91. The minimum absolute atomic E-state index is 0.0946. The number of carbonyl (C=O) groups excluding carboxylic acids is 1. The molecule has 8 nitrogen and oxygen atoms in total. The number of para-hydroxylation sites is 1. The van der Waals surface area contributed by atoms with Crippen molar-refractivity contribution in [3.8, 4) is 0 Å². The number of rotatable bonds is 4. The summed E-state index contributed by atoms with van der Waals surface area (Å²) in [6.07, 6.45) is 0.641. The summed E-state index contributed by atoms with van der Waals surface area (Å²) in [5, 5.41) is 10.1. The normalized spacial score (nSPS) is 17.0. The first-order valence-electron chi connectivity index (χ1n) is 6.57. The largest absolute Gasteiger partial charge is 0.443 e. The summed E-state index contributed by atoms with van der Waals surface area (Å²) < 4.78 is 5.17. The zero-order chi connectivity index (χ0) is 15.5. The molecule has 0 saturated carbocycles. The van der Waals surface area contributed by atoms with Crippen LogP contribution in [0.5, 0.6) is 0 Å². The van der Waals surface area contributed by atoms with E-state index in [0.29, 0.717) is 5.69 Å². The minimum atomic E-state index is -0.527. The fourth-order valence-corrected chi connectivity index (χ4v) is 2.35. The lowest BCUT2D eigenvalue weighted by Gasteiger charge is -2.13. The van der Waals surface area contributed by atoms with E-state index in [1.807, 2.05) is 24.3 Å². The highest BCUT2D eigenvalue weighted by Crippen LogP contribution is 2.22. The molecule has 1 aliphatic rings. The molecule has 1 saturated heterocycles. The van der Waals surface area contributed by atoms with Crippen LogP contribution in [0.4, 0.5) is 4.79 Å². The number of carbonyl (C=O) groups is 1. The Bertz CT molecular complexity index is 829. The lowest BCUT2D eigenvalue weighted by atomic mass is 10.2. The molecule has 3 rings (SSSR count). The Labute approximate surface area is 125 Å². The van der Waals surface area contributed by atoms with E-state index in [2.05, 4.69) is 27.4 Å². The van der Waals surface area contributed by atoms with Crippen LogP contribution in [-0.4, -0.2) is 35.2 Å². The second kappa shape index (κ2) is 5.65. The van der Waals surface area contributed by atoms with Crippen molar-refractivity contribution < 1.29 is 9.53 Å². The maximum absolute atomic E-state index is 12.0. The maximum atomic E-state index is 12.0. The summed E-state index contributed by atoms with van der Waals surface area (Å²) >= 11 is 0. The average molecular weight is 296 g/mol. The van der Waals surface area contributed by atoms with E-state index < -0.39 is 12.2 Å². The van der Waals surface area contributed by atoms with E-state index in [9.17, 15) is 4.79 Å². The van der Waals surface area contributed by atoms with Gasteiger partial charge in [-0.15, -0.1) is 5.73 Å². The Balaban J connectivity index is 2.01. The van der Waals surface area contributed by atoms with Crippen molar-refractivity contribution >= 4 is 23.1 Å². The van der Waals surface area contributed by atoms with Crippen LogP contribution in [0.2, 0.25) is 0 Å². The Morgan fingerprint density at radius 1 is 1.59 bits per heavy atom. The molecule has 1 aromatic carbocycles. The van der Waals surface area contributed by atoms with Gasteiger partial charge in [-0.3, -0.25) is 0 Å². The van der Waals surface area contributed by atoms with Crippen LogP contribution in [0.15, 0.2) is 41.7 Å². The zero-order valence-electron chi connectivity index (χ0n) is 11.6. The summed E-state index contributed by atoms with van der Waals surface area (Å²) in [4.78, 5) is 16.2. The predicted octanol–water partition coefficient (Wildman–Crippen LogP) is 2.60. The van der Waals surface area contributed by atoms with Crippen molar-refractivity contribution in [1.82, 2.24) is 9.89 Å². The van der Waals surface area contributed by atoms with Crippen molar-refractivity contribution in [2.45, 2.75) is 6.10 Å². The second-order valence-electron chi connectivity index (χ2n) is 4.64. The predicted molar refractivity (Wildman–Crippen MR) is 80.7 cm³/mol. The first-order chi connectivity index (χ1) is 10.7. The topological polar surface area (TPSA) is 96.1 Å². The van der Waals surface area contributed by atoms with Gasteiger partial charge in [0, 0.05) is 16.4 Å². The third-order valence-electron chi connectivity index (χ3n) is 3.27. The van der Waals surface area contributed by atoms with Gasteiger partial charge in [-0.2, -0.15) is 14.9 Å². The first-order valence-corrected chi connectivity index (χ1v) is 6.57. The van der Waals surface area contributed by atoms with Crippen molar-refractivity contribution in [2.75, 3.05) is 18.1 Å². The van der Waals surface area contributed by atoms with E-state index in [-0.39, 0.29) is 13.1 Å². The summed E-state index contributed by atoms with van der Waals surface area (Å²) in [6, 6.07) is 7.51. The van der Waals surface area contributed by atoms with Gasteiger partial charge in [-0.05, 0) is 11.6 Å². The lowest BCUT2D eigenvalue weighted by Crippen LogP contribution is -2.37. The third kappa shape index (κ3) is 2.29. The van der Waals surface area contributed by atoms with Gasteiger partial charge in [-0.1, -0.05) is 29.9 Å². The molecule has 0 bridgehead atoms. The van der Waals surface area contributed by atoms with Crippen molar-refractivity contribution in [3.05, 3.63) is 52.7 Å². The van der Waals surface area contributed by atoms with Crippen LogP contribution in [0.1, 0.15) is 5.69 Å². The summed E-state index contributed by atoms with van der Waals surface area (Å²) in [7, 11) is 0. The Kier molecular flexibility index (Phi) is 3.53. The number of azide groups is 1. The molecule has 1 aromatic heterocycles. The molecule has 1 amide bonds. The number of aromatic nitrogens is 2. The van der Waals surface area contributed by atoms with Crippen molar-refractivity contribution in [2.24, 2.45) is 5.11 Å². The van der Waals surface area contributed by atoms with Gasteiger partial charge in [0.1, 0.15) is 11.8 Å². The molecule has 0 radical (unpaired) electrons. The summed E-state index contributed by atoms with van der Waals surface area (Å²) in [5.41, 5.74) is 12.5. The summed E-state index contributed by atoms with van der Waals surface area (Å²) in [5.74, 6) is 0. The van der Waals surface area contributed by atoms with E-state index in [0.717, 1.165) is 10.9 Å². The number of cyclic esters (lactones) is 1. The molecule has 1 fully saturated rings. The van der Waals surface area contributed by atoms with Crippen molar-refractivity contribution in [1.29, 1.82) is 0 Å². The molecular weight excluding hydrogens is 284 g/mol. The van der Waals surface area contributed by atoms with Gasteiger partial charge in [0.05, 0.1) is 18.6 Å². The van der Waals surface area contributed by atoms with Gasteiger partial charge < -0.3 is 4.74 Å². The van der Waals surface area contributed by atoms with Crippen LogP contribution < -0.4 is 5.01 Å². The van der Waals surface area contributed by atoms with Gasteiger partial charge in [0.2, 0.25) is 0 Å². The number of hydrogen-bond acceptors (Lipinski definition) is 4. The molecule has 1 unspecified atom stereocenters. The second-order valence-corrected chi connectivity index (χ2v) is 4.64. The minimum Gasteiger partial charge on any atom is -0.443 e. The highest BCUT2D eigenvalue weighted by atomic mass is 16.6. The molecule has 0 spiro atoms. The Morgan fingerprint density at radius 2 is 2.41 bits per heavy atom. The van der Waals surface area contributed by atoms with Gasteiger partial charge in [0.15, 0.2) is 0 Å². The standard InChI is InChI=1S/C14H12N6O2/c1-2-5-12-11-6-3-4-7-13(11)20(17-12)19-9-10(8-16-18-15)22-14(19)21/h3-7,10H,1,8-9H2. The van der Waals surface area contributed by atoms with Crippen LogP contribution in [0.3, 0.4) is 0 Å². The molecule has 1 aliphatic heterocycles. The molecule has 0 aliphatic carbocycles. The van der Waals surface area contributed by atoms with E-state index in [1.165, 1.54) is 9.80 Å². The molecular formula is C14H12N6O2. The Hall–Kier alpha value is -3.21. The quantitative estimate of drug-likeness (QED) is 0.375. The van der Waals surface area contributed by atoms with Crippen LogP contribution in [-0.2, 0) is 4.74 Å². The number of amides is 1. The molecule has 22 heavy (non-hydrogen) atoms. The SMILES string of the molecule is C=C=Cc1nn(N2CC(CN=[N+]=[N-])OC2=O)c2ccccc12. The molecule has 2 aromatic rings. The van der Waals surface area contributed by atoms with Crippen LogP contribution >= 0.6 is 0 Å². The number of nitrogens with zero attached hydrogens (tertiary/aromatic N) is 6. The monoisotopic (exact) mass is 296 g/mol.